The zero-order valence-corrected chi connectivity index (χ0v) is 12.1. The molecule has 0 heterocycles. The summed E-state index contributed by atoms with van der Waals surface area (Å²) in [5, 5.41) is 44.4. The van der Waals surface area contributed by atoms with Crippen LogP contribution in [0.4, 0.5) is 0 Å². The fraction of sp³-hybridized carbons (Fsp3) is 0. The SMILES string of the molecule is N#Cc1c(S)c(C#N)c(C#N)c(C#N)c1C#N.[H-].[Na+]. The normalized spacial score (nSPS) is 7.56. The topological polar surface area (TPSA) is 119 Å². The predicted molar refractivity (Wildman–Crippen MR) is 58.4 cm³/mol. The van der Waals surface area contributed by atoms with Crippen LogP contribution in [0.5, 0.6) is 0 Å². The molecule has 78 valence electrons. The van der Waals surface area contributed by atoms with Gasteiger partial charge in [0.15, 0.2) is 0 Å². The first kappa shape index (κ1) is 16.0. The van der Waals surface area contributed by atoms with Crippen LogP contribution in [0.2, 0.25) is 0 Å². The van der Waals surface area contributed by atoms with Gasteiger partial charge in [0.05, 0.1) is 27.8 Å². The van der Waals surface area contributed by atoms with E-state index in [1.807, 2.05) is 0 Å². The fourth-order valence-electron chi connectivity index (χ4n) is 1.29. The molecular formula is C11H2N5NaS. The average Bonchev–Trinajstić information content (AvgIpc) is 2.36. The van der Waals surface area contributed by atoms with Crippen LogP contribution in [0.25, 0.3) is 0 Å². The Labute approximate surface area is 132 Å². The van der Waals surface area contributed by atoms with Crippen molar-refractivity contribution in [3.63, 3.8) is 0 Å². The number of hydrogen-bond donors (Lipinski definition) is 1. The molecule has 0 aliphatic heterocycles. The van der Waals surface area contributed by atoms with Crippen molar-refractivity contribution in [2.45, 2.75) is 4.90 Å². The van der Waals surface area contributed by atoms with E-state index in [1.165, 1.54) is 0 Å². The molecule has 0 saturated heterocycles. The molecule has 0 saturated carbocycles. The molecule has 0 aromatic heterocycles. The van der Waals surface area contributed by atoms with Crippen molar-refractivity contribution in [1.82, 2.24) is 0 Å². The first-order chi connectivity index (χ1) is 8.15. The van der Waals surface area contributed by atoms with Gasteiger partial charge in [-0.2, -0.15) is 26.3 Å². The number of benzene rings is 1. The second-order valence-corrected chi connectivity index (χ2v) is 3.23. The van der Waals surface area contributed by atoms with Crippen LogP contribution in [0.15, 0.2) is 4.90 Å². The molecule has 0 bridgehead atoms. The molecule has 0 atom stereocenters. The van der Waals surface area contributed by atoms with E-state index >= 15 is 0 Å². The number of thiol groups is 1. The molecule has 5 nitrogen and oxygen atoms in total. The van der Waals surface area contributed by atoms with Crippen molar-refractivity contribution < 1.29 is 31.0 Å². The van der Waals surface area contributed by atoms with Gasteiger partial charge in [0.25, 0.3) is 0 Å². The van der Waals surface area contributed by atoms with Gasteiger partial charge in [0.2, 0.25) is 0 Å². The standard InChI is InChI=1S/C11HN5S.Na.H/c12-1-6-7(2-13)9(4-15)11(17)10(5-16)8(6)3-14;;/h17H;;/q;+1;-1. The monoisotopic (exact) mass is 259 g/mol. The Morgan fingerprint density at radius 3 is 1.06 bits per heavy atom. The summed E-state index contributed by atoms with van der Waals surface area (Å²) < 4.78 is 0. The second-order valence-electron chi connectivity index (χ2n) is 2.78. The average molecular weight is 259 g/mol. The Morgan fingerprint density at radius 2 is 0.833 bits per heavy atom. The predicted octanol–water partition coefficient (Wildman–Crippen LogP) is -1.55. The summed E-state index contributed by atoms with van der Waals surface area (Å²) in [4.78, 5) is -0.0536. The summed E-state index contributed by atoms with van der Waals surface area (Å²) in [5.41, 5.74) is -1.04. The maximum Gasteiger partial charge on any atom is 1.00 e. The Balaban J connectivity index is 0. The van der Waals surface area contributed by atoms with E-state index in [2.05, 4.69) is 12.6 Å². The third-order valence-corrected chi connectivity index (χ3v) is 2.48. The third-order valence-electron chi connectivity index (χ3n) is 2.03. The van der Waals surface area contributed by atoms with Gasteiger partial charge in [-0.1, -0.05) is 0 Å². The molecule has 7 heteroatoms. The first-order valence-corrected chi connectivity index (χ1v) is 4.54. The van der Waals surface area contributed by atoms with Crippen molar-refractivity contribution in [1.29, 1.82) is 26.3 Å². The summed E-state index contributed by atoms with van der Waals surface area (Å²) in [6.07, 6.45) is 0. The number of rotatable bonds is 0. The Bertz CT molecular complexity index is 671. The minimum absolute atomic E-state index is 0. The molecule has 0 radical (unpaired) electrons. The van der Waals surface area contributed by atoms with E-state index in [0.29, 0.717) is 0 Å². The van der Waals surface area contributed by atoms with Gasteiger partial charge in [-0.15, -0.1) is 12.6 Å². The molecule has 0 aliphatic rings. The first-order valence-electron chi connectivity index (χ1n) is 4.09. The van der Waals surface area contributed by atoms with Crippen molar-refractivity contribution in [3.05, 3.63) is 27.8 Å². The molecule has 1 aromatic rings. The number of hydrogen-bond acceptors (Lipinski definition) is 6. The zero-order chi connectivity index (χ0) is 13.0. The van der Waals surface area contributed by atoms with Crippen LogP contribution in [0, 0.1) is 56.7 Å². The Hall–Kier alpha value is -1.98. The van der Waals surface area contributed by atoms with Crippen molar-refractivity contribution in [3.8, 4) is 30.3 Å². The van der Waals surface area contributed by atoms with Crippen molar-refractivity contribution in [2.75, 3.05) is 0 Å². The van der Waals surface area contributed by atoms with E-state index < -0.39 is 0 Å². The smallest absolute Gasteiger partial charge is 1.00 e. The van der Waals surface area contributed by atoms with E-state index in [-0.39, 0.29) is 63.7 Å². The molecule has 0 fully saturated rings. The van der Waals surface area contributed by atoms with Crippen molar-refractivity contribution >= 4 is 12.6 Å². The van der Waals surface area contributed by atoms with Crippen LogP contribution in [-0.2, 0) is 0 Å². The summed E-state index contributed by atoms with van der Waals surface area (Å²) in [6.45, 7) is 0. The number of nitriles is 5. The minimum atomic E-state index is -0.263. The van der Waals surface area contributed by atoms with E-state index in [9.17, 15) is 0 Å². The molecule has 1 rings (SSSR count). The van der Waals surface area contributed by atoms with Gasteiger partial charge >= 0.3 is 29.6 Å². The Morgan fingerprint density at radius 1 is 0.611 bits per heavy atom. The molecular weight excluding hydrogens is 257 g/mol. The van der Waals surface area contributed by atoms with Gasteiger partial charge in [0.1, 0.15) is 30.3 Å². The molecule has 1 aromatic carbocycles. The third kappa shape index (κ3) is 2.32. The van der Waals surface area contributed by atoms with Gasteiger partial charge in [0, 0.05) is 4.90 Å². The maximum absolute atomic E-state index is 8.90. The molecule has 18 heavy (non-hydrogen) atoms. The maximum atomic E-state index is 8.90. The zero-order valence-electron chi connectivity index (χ0n) is 10.2. The minimum Gasteiger partial charge on any atom is -1.00 e. The molecule has 0 amide bonds. The molecule has 0 unspecified atom stereocenters. The van der Waals surface area contributed by atoms with E-state index in [0.717, 1.165) is 0 Å². The van der Waals surface area contributed by atoms with E-state index in [1.54, 1.807) is 30.3 Å². The fourth-order valence-corrected chi connectivity index (χ4v) is 1.61. The van der Waals surface area contributed by atoms with Gasteiger partial charge in [-0.3, -0.25) is 0 Å². The van der Waals surface area contributed by atoms with Crippen molar-refractivity contribution in [2.24, 2.45) is 0 Å². The summed E-state index contributed by atoms with van der Waals surface area (Å²) >= 11 is 3.95. The molecule has 0 aliphatic carbocycles. The van der Waals surface area contributed by atoms with Crippen LogP contribution in [-0.4, -0.2) is 0 Å². The van der Waals surface area contributed by atoms with Gasteiger partial charge in [-0.25, -0.2) is 0 Å². The van der Waals surface area contributed by atoms with Gasteiger partial charge < -0.3 is 1.43 Å². The van der Waals surface area contributed by atoms with Crippen LogP contribution in [0.3, 0.4) is 0 Å². The van der Waals surface area contributed by atoms with E-state index in [4.69, 9.17) is 26.3 Å². The second kappa shape index (κ2) is 6.68. The summed E-state index contributed by atoms with van der Waals surface area (Å²) in [6, 6.07) is 8.43. The van der Waals surface area contributed by atoms with Crippen LogP contribution < -0.4 is 29.6 Å². The van der Waals surface area contributed by atoms with Gasteiger partial charge in [-0.05, 0) is 0 Å². The summed E-state index contributed by atoms with van der Waals surface area (Å²) in [5.74, 6) is 0. The molecule has 0 spiro atoms. The summed E-state index contributed by atoms with van der Waals surface area (Å²) in [7, 11) is 0. The van der Waals surface area contributed by atoms with Crippen LogP contribution >= 0.6 is 12.6 Å². The van der Waals surface area contributed by atoms with Crippen LogP contribution in [0.1, 0.15) is 29.2 Å². The quantitative estimate of drug-likeness (QED) is 0.447. The Kier molecular flexibility index (Phi) is 5.95. The molecule has 0 N–H and O–H groups in total. The number of nitrogens with zero attached hydrogens (tertiary/aromatic N) is 5. The largest absolute Gasteiger partial charge is 1.00 e.